The Morgan fingerprint density at radius 1 is 1.35 bits per heavy atom. The fraction of sp³-hybridized carbons (Fsp3) is 0.357. The van der Waals surface area contributed by atoms with E-state index in [1.807, 2.05) is 0 Å². The minimum Gasteiger partial charge on any atom is -0.448 e. The Balaban J connectivity index is 2.01. The first-order valence-electron chi connectivity index (χ1n) is 5.97. The van der Waals surface area contributed by atoms with Gasteiger partial charge in [-0.2, -0.15) is 0 Å². The van der Waals surface area contributed by atoms with Gasteiger partial charge in [0, 0.05) is 6.42 Å². The minimum absolute atomic E-state index is 0.695. The lowest BCUT2D eigenvalue weighted by Gasteiger charge is -1.98. The van der Waals surface area contributed by atoms with E-state index in [0.29, 0.717) is 6.54 Å². The number of oxazole rings is 1. The van der Waals surface area contributed by atoms with Gasteiger partial charge in [0.15, 0.2) is 5.89 Å². The molecule has 0 spiro atoms. The summed E-state index contributed by atoms with van der Waals surface area (Å²) in [5.74, 6) is 0.780. The molecule has 0 aliphatic carbocycles. The van der Waals surface area contributed by atoms with Gasteiger partial charge in [0.25, 0.3) is 0 Å². The first-order chi connectivity index (χ1) is 8.28. The molecule has 1 heterocycles. The summed E-state index contributed by atoms with van der Waals surface area (Å²) >= 11 is 0. The number of benzene rings is 1. The maximum absolute atomic E-state index is 5.46. The van der Waals surface area contributed by atoms with Gasteiger partial charge in [-0.3, -0.25) is 0 Å². The van der Waals surface area contributed by atoms with Crippen LogP contribution in [0.1, 0.15) is 29.1 Å². The summed E-state index contributed by atoms with van der Waals surface area (Å²) in [7, 11) is 0. The second-order valence-electron chi connectivity index (χ2n) is 4.29. The molecule has 0 fully saturated rings. The van der Waals surface area contributed by atoms with Gasteiger partial charge in [0.1, 0.15) is 6.26 Å². The van der Waals surface area contributed by atoms with E-state index in [4.69, 9.17) is 10.2 Å². The van der Waals surface area contributed by atoms with Crippen LogP contribution in [0.5, 0.6) is 0 Å². The van der Waals surface area contributed by atoms with Gasteiger partial charge in [0.05, 0.1) is 5.69 Å². The summed E-state index contributed by atoms with van der Waals surface area (Å²) in [5.41, 5.74) is 8.96. The number of hydrogen-bond acceptors (Lipinski definition) is 3. The Labute approximate surface area is 102 Å². The average molecular weight is 230 g/mol. The summed E-state index contributed by atoms with van der Waals surface area (Å²) in [4.78, 5) is 4.45. The first-order valence-corrected chi connectivity index (χ1v) is 5.97. The van der Waals surface area contributed by atoms with Crippen LogP contribution in [0.4, 0.5) is 0 Å². The standard InChI is InChI=1S/C14H18N2O/c1-11-4-2-5-12(8-11)9-14-16-13(10-17-14)6-3-7-15/h2,4-5,8,10H,3,6-7,9,15H2,1H3. The summed E-state index contributed by atoms with van der Waals surface area (Å²) in [6.45, 7) is 2.78. The Morgan fingerprint density at radius 2 is 2.24 bits per heavy atom. The predicted octanol–water partition coefficient (Wildman–Crippen LogP) is 2.47. The quantitative estimate of drug-likeness (QED) is 0.858. The topological polar surface area (TPSA) is 52.0 Å². The van der Waals surface area contributed by atoms with E-state index in [1.54, 1.807) is 6.26 Å². The lowest BCUT2D eigenvalue weighted by atomic mass is 10.1. The van der Waals surface area contributed by atoms with Gasteiger partial charge in [-0.05, 0) is 31.9 Å². The third-order valence-corrected chi connectivity index (χ3v) is 2.67. The van der Waals surface area contributed by atoms with Gasteiger partial charge in [0.2, 0.25) is 0 Å². The van der Waals surface area contributed by atoms with Crippen molar-refractivity contribution in [3.05, 3.63) is 53.2 Å². The molecule has 0 bridgehead atoms. The first kappa shape index (κ1) is 11.9. The van der Waals surface area contributed by atoms with Gasteiger partial charge in [-0.1, -0.05) is 29.8 Å². The molecule has 90 valence electrons. The molecule has 3 heteroatoms. The smallest absolute Gasteiger partial charge is 0.198 e. The molecule has 2 aromatic rings. The predicted molar refractivity (Wildman–Crippen MR) is 67.9 cm³/mol. The van der Waals surface area contributed by atoms with Crippen LogP contribution in [0.25, 0.3) is 0 Å². The number of nitrogens with zero attached hydrogens (tertiary/aromatic N) is 1. The van der Waals surface area contributed by atoms with Crippen LogP contribution < -0.4 is 5.73 Å². The van der Waals surface area contributed by atoms with Gasteiger partial charge in [-0.15, -0.1) is 0 Å². The molecule has 0 saturated carbocycles. The van der Waals surface area contributed by atoms with Crippen LogP contribution in [0.15, 0.2) is 34.9 Å². The van der Waals surface area contributed by atoms with Crippen LogP contribution in [-0.2, 0) is 12.8 Å². The summed E-state index contributed by atoms with van der Waals surface area (Å²) in [6.07, 6.45) is 4.34. The maximum atomic E-state index is 5.46. The Kier molecular flexibility index (Phi) is 3.94. The molecule has 0 radical (unpaired) electrons. The van der Waals surface area contributed by atoms with Crippen molar-refractivity contribution in [3.8, 4) is 0 Å². The SMILES string of the molecule is Cc1cccc(Cc2nc(CCCN)co2)c1. The molecular weight excluding hydrogens is 212 g/mol. The largest absolute Gasteiger partial charge is 0.448 e. The molecule has 0 atom stereocenters. The van der Waals surface area contributed by atoms with Crippen molar-refractivity contribution in [2.24, 2.45) is 5.73 Å². The van der Waals surface area contributed by atoms with Crippen molar-refractivity contribution in [1.82, 2.24) is 4.98 Å². The third-order valence-electron chi connectivity index (χ3n) is 2.67. The molecule has 0 saturated heterocycles. The molecule has 2 N–H and O–H groups in total. The Bertz CT molecular complexity index is 477. The molecular formula is C14H18N2O. The summed E-state index contributed by atoms with van der Waals surface area (Å²) in [5, 5.41) is 0. The van der Waals surface area contributed by atoms with Crippen molar-refractivity contribution < 1.29 is 4.42 Å². The molecule has 0 aliphatic rings. The highest BCUT2D eigenvalue weighted by Gasteiger charge is 2.04. The highest BCUT2D eigenvalue weighted by Crippen LogP contribution is 2.11. The molecule has 0 aliphatic heterocycles. The van der Waals surface area contributed by atoms with E-state index in [2.05, 4.69) is 36.2 Å². The van der Waals surface area contributed by atoms with Crippen LogP contribution in [-0.4, -0.2) is 11.5 Å². The molecule has 2 rings (SSSR count). The van der Waals surface area contributed by atoms with Gasteiger partial charge >= 0.3 is 0 Å². The van der Waals surface area contributed by atoms with Crippen LogP contribution in [0, 0.1) is 6.92 Å². The van der Waals surface area contributed by atoms with Crippen molar-refractivity contribution in [3.63, 3.8) is 0 Å². The maximum Gasteiger partial charge on any atom is 0.198 e. The summed E-state index contributed by atoms with van der Waals surface area (Å²) in [6, 6.07) is 8.40. The molecule has 17 heavy (non-hydrogen) atoms. The highest BCUT2D eigenvalue weighted by molar-refractivity contribution is 5.24. The lowest BCUT2D eigenvalue weighted by molar-refractivity contribution is 0.506. The summed E-state index contributed by atoms with van der Waals surface area (Å²) < 4.78 is 5.45. The number of aryl methyl sites for hydroxylation is 2. The molecule has 3 nitrogen and oxygen atoms in total. The van der Waals surface area contributed by atoms with E-state index in [-0.39, 0.29) is 0 Å². The lowest BCUT2D eigenvalue weighted by Crippen LogP contribution is -2.00. The van der Waals surface area contributed by atoms with Crippen molar-refractivity contribution in [1.29, 1.82) is 0 Å². The molecule has 1 aromatic carbocycles. The zero-order valence-electron chi connectivity index (χ0n) is 10.1. The van der Waals surface area contributed by atoms with Crippen LogP contribution in [0.2, 0.25) is 0 Å². The Hall–Kier alpha value is -1.61. The van der Waals surface area contributed by atoms with Crippen molar-refractivity contribution >= 4 is 0 Å². The third kappa shape index (κ3) is 3.43. The zero-order valence-corrected chi connectivity index (χ0v) is 10.1. The zero-order chi connectivity index (χ0) is 12.1. The number of hydrogen-bond donors (Lipinski definition) is 1. The number of rotatable bonds is 5. The van der Waals surface area contributed by atoms with Gasteiger partial charge in [-0.25, -0.2) is 4.98 Å². The fourth-order valence-electron chi connectivity index (χ4n) is 1.82. The van der Waals surface area contributed by atoms with E-state index in [9.17, 15) is 0 Å². The van der Waals surface area contributed by atoms with E-state index in [0.717, 1.165) is 30.8 Å². The van der Waals surface area contributed by atoms with Crippen molar-refractivity contribution in [2.75, 3.05) is 6.54 Å². The van der Waals surface area contributed by atoms with Crippen molar-refractivity contribution in [2.45, 2.75) is 26.2 Å². The second-order valence-corrected chi connectivity index (χ2v) is 4.29. The monoisotopic (exact) mass is 230 g/mol. The van der Waals surface area contributed by atoms with Gasteiger partial charge < -0.3 is 10.2 Å². The van der Waals surface area contributed by atoms with Crippen LogP contribution in [0.3, 0.4) is 0 Å². The molecule has 0 unspecified atom stereocenters. The van der Waals surface area contributed by atoms with E-state index in [1.165, 1.54) is 11.1 Å². The second kappa shape index (κ2) is 5.64. The minimum atomic E-state index is 0.695. The van der Waals surface area contributed by atoms with E-state index >= 15 is 0 Å². The Morgan fingerprint density at radius 3 is 3.00 bits per heavy atom. The van der Waals surface area contributed by atoms with E-state index < -0.39 is 0 Å². The number of aromatic nitrogens is 1. The fourth-order valence-corrected chi connectivity index (χ4v) is 1.82. The average Bonchev–Trinajstić information content (AvgIpc) is 2.74. The van der Waals surface area contributed by atoms with Crippen LogP contribution >= 0.6 is 0 Å². The molecule has 0 amide bonds. The normalized spacial score (nSPS) is 10.7. The molecule has 1 aromatic heterocycles. The number of nitrogens with two attached hydrogens (primary N) is 1. The highest BCUT2D eigenvalue weighted by atomic mass is 16.3.